The zero-order chi connectivity index (χ0) is 28.7. The summed E-state index contributed by atoms with van der Waals surface area (Å²) in [4.78, 5) is 29.4. The van der Waals surface area contributed by atoms with Gasteiger partial charge < -0.3 is 29.1 Å². The van der Waals surface area contributed by atoms with Crippen LogP contribution in [-0.2, 0) is 23.4 Å². The van der Waals surface area contributed by atoms with E-state index in [0.29, 0.717) is 37.3 Å². The second-order valence-electron chi connectivity index (χ2n) is 11.4. The maximum absolute atomic E-state index is 11.2. The van der Waals surface area contributed by atoms with Crippen LogP contribution in [0.1, 0.15) is 110 Å². The monoisotopic (exact) mass is 567 g/mol. The van der Waals surface area contributed by atoms with Crippen molar-refractivity contribution in [3.05, 3.63) is 0 Å². The summed E-state index contributed by atoms with van der Waals surface area (Å²) in [7, 11) is 1.31. The largest absolute Gasteiger partial charge is 0.469 e. The lowest BCUT2D eigenvalue weighted by Gasteiger charge is -2.36. The Labute approximate surface area is 233 Å². The smallest absolute Gasteiger partial charge is 0.379 e. The number of nitrogens with zero attached hydrogens (tertiary/aromatic N) is 1. The van der Waals surface area contributed by atoms with Crippen molar-refractivity contribution >= 4 is 13.7 Å². The number of amides is 1. The zero-order valence-corrected chi connectivity index (χ0v) is 26.0. The molecule has 0 aromatic carbocycles. The maximum Gasteiger partial charge on any atom is 0.469 e. The molecule has 0 aromatic heterocycles. The van der Waals surface area contributed by atoms with Gasteiger partial charge in [-0.3, -0.25) is 9.32 Å². The molecule has 0 saturated carbocycles. The highest BCUT2D eigenvalue weighted by Crippen LogP contribution is 2.36. The Balaban J connectivity index is 4.18. The first-order valence-corrected chi connectivity index (χ1v) is 16.4. The van der Waals surface area contributed by atoms with Crippen molar-refractivity contribution in [2.24, 2.45) is 0 Å². The van der Waals surface area contributed by atoms with E-state index in [1.807, 2.05) is 21.1 Å². The molecule has 2 atom stereocenters. The van der Waals surface area contributed by atoms with Gasteiger partial charge in [-0.2, -0.15) is 0 Å². The molecule has 0 radical (unpaired) electrons. The van der Waals surface area contributed by atoms with Crippen LogP contribution in [0.2, 0.25) is 0 Å². The second kappa shape index (κ2) is 23.2. The highest BCUT2D eigenvalue weighted by atomic mass is 31.2. The summed E-state index contributed by atoms with van der Waals surface area (Å²) in [6.45, 7) is 5.44. The summed E-state index contributed by atoms with van der Waals surface area (Å²) >= 11 is 0. The van der Waals surface area contributed by atoms with Gasteiger partial charge in [-0.25, -0.2) is 4.57 Å². The van der Waals surface area contributed by atoms with E-state index >= 15 is 0 Å². The molecule has 2 unspecified atom stereocenters. The number of likely N-dealkylation sites (N-methyl/N-ethyl adjacent to an activating group) is 1. The van der Waals surface area contributed by atoms with Crippen molar-refractivity contribution in [2.75, 3.05) is 54.1 Å². The maximum atomic E-state index is 11.2. The molecule has 0 rings (SSSR count). The van der Waals surface area contributed by atoms with Gasteiger partial charge in [-0.05, 0) is 6.42 Å². The molecule has 0 aliphatic heterocycles. The summed E-state index contributed by atoms with van der Waals surface area (Å²) in [6.07, 6.45) is 18.7. The van der Waals surface area contributed by atoms with Crippen LogP contribution in [-0.4, -0.2) is 86.4 Å². The van der Waals surface area contributed by atoms with Crippen LogP contribution >= 0.6 is 7.82 Å². The third kappa shape index (κ3) is 25.7. The first kappa shape index (κ1) is 37.5. The molecule has 0 bridgehead atoms. The van der Waals surface area contributed by atoms with Crippen molar-refractivity contribution in [3.63, 3.8) is 0 Å². The number of ether oxygens (including phenoxy) is 2. The van der Waals surface area contributed by atoms with Gasteiger partial charge in [0.05, 0.1) is 40.5 Å². The minimum atomic E-state index is -4.55. The van der Waals surface area contributed by atoms with Crippen molar-refractivity contribution < 1.29 is 37.6 Å². The third-order valence-electron chi connectivity index (χ3n) is 6.84. The average Bonchev–Trinajstić information content (AvgIpc) is 2.82. The Morgan fingerprint density at radius 2 is 1.32 bits per heavy atom. The number of quaternary nitrogens is 1. The molecule has 10 heteroatoms. The van der Waals surface area contributed by atoms with E-state index in [-0.39, 0.29) is 24.7 Å². The average molecular weight is 568 g/mol. The zero-order valence-electron chi connectivity index (χ0n) is 25.1. The third-order valence-corrected chi connectivity index (χ3v) is 7.33. The number of phosphoric ester groups is 1. The molecule has 228 valence electrons. The lowest BCUT2D eigenvalue weighted by molar-refractivity contribution is -0.897. The molecular formula is C28H60N2O7P+. The first-order chi connectivity index (χ1) is 18.0. The van der Waals surface area contributed by atoms with Crippen LogP contribution in [0.5, 0.6) is 0 Å². The van der Waals surface area contributed by atoms with Crippen molar-refractivity contribution in [1.82, 2.24) is 5.32 Å². The molecule has 1 amide bonds. The van der Waals surface area contributed by atoms with E-state index < -0.39 is 7.82 Å². The Bertz CT molecular complexity index is 610. The molecule has 9 nitrogen and oxygen atoms in total. The number of hydrogen-bond acceptors (Lipinski definition) is 5. The van der Waals surface area contributed by atoms with Crippen molar-refractivity contribution in [2.45, 2.75) is 122 Å². The second-order valence-corrected chi connectivity index (χ2v) is 12.7. The van der Waals surface area contributed by atoms with Gasteiger partial charge in [0.25, 0.3) is 0 Å². The molecule has 38 heavy (non-hydrogen) atoms. The molecule has 0 aliphatic carbocycles. The van der Waals surface area contributed by atoms with Crippen LogP contribution in [0.3, 0.4) is 0 Å². The molecule has 0 fully saturated rings. The minimum absolute atomic E-state index is 0.0850. The Kier molecular flexibility index (Phi) is 22.9. The SMILES string of the molecule is CCCCCCCCCCCCCCCCOCC(CC(COP(=O)(O)O)[N+](C)(C)C)OCCNC(C)=O. The summed E-state index contributed by atoms with van der Waals surface area (Å²) in [5, 5.41) is 2.72. The summed E-state index contributed by atoms with van der Waals surface area (Å²) in [5.41, 5.74) is 0. The molecule has 0 aliphatic rings. The number of rotatable bonds is 27. The molecular weight excluding hydrogens is 507 g/mol. The van der Waals surface area contributed by atoms with Crippen LogP contribution in [0, 0.1) is 0 Å². The van der Waals surface area contributed by atoms with Crippen LogP contribution in [0.4, 0.5) is 0 Å². The molecule has 3 N–H and O–H groups in total. The number of unbranched alkanes of at least 4 members (excludes halogenated alkanes) is 13. The van der Waals surface area contributed by atoms with E-state index in [1.165, 1.54) is 84.0 Å². The number of nitrogens with one attached hydrogen (secondary N) is 1. The summed E-state index contributed by atoms with van der Waals surface area (Å²) in [5.74, 6) is -0.113. The van der Waals surface area contributed by atoms with Crippen LogP contribution in [0.15, 0.2) is 0 Å². The Morgan fingerprint density at radius 3 is 1.76 bits per heavy atom. The summed E-state index contributed by atoms with van der Waals surface area (Å²) in [6, 6.07) is -0.196. The van der Waals surface area contributed by atoms with E-state index in [9.17, 15) is 9.36 Å². The minimum Gasteiger partial charge on any atom is -0.379 e. The van der Waals surface area contributed by atoms with E-state index in [2.05, 4.69) is 12.2 Å². The van der Waals surface area contributed by atoms with E-state index in [1.54, 1.807) is 0 Å². The highest BCUT2D eigenvalue weighted by Gasteiger charge is 2.31. The fourth-order valence-corrected chi connectivity index (χ4v) is 4.71. The number of hydrogen-bond donors (Lipinski definition) is 3. The van der Waals surface area contributed by atoms with Gasteiger partial charge in [0, 0.05) is 26.5 Å². The van der Waals surface area contributed by atoms with Crippen molar-refractivity contribution in [3.8, 4) is 0 Å². The molecule has 0 saturated heterocycles. The van der Waals surface area contributed by atoms with Gasteiger partial charge in [0.1, 0.15) is 12.6 Å². The van der Waals surface area contributed by atoms with Gasteiger partial charge in [0.15, 0.2) is 0 Å². The van der Waals surface area contributed by atoms with Crippen molar-refractivity contribution in [1.29, 1.82) is 0 Å². The van der Waals surface area contributed by atoms with E-state index in [0.717, 1.165) is 12.8 Å². The predicted molar refractivity (Wildman–Crippen MR) is 154 cm³/mol. The molecule has 0 spiro atoms. The van der Waals surface area contributed by atoms with Gasteiger partial charge in [0.2, 0.25) is 5.91 Å². The quantitative estimate of drug-likeness (QED) is 0.0674. The lowest BCUT2D eigenvalue weighted by Crippen LogP contribution is -2.50. The molecule has 0 heterocycles. The Hall–Kier alpha value is -0.540. The van der Waals surface area contributed by atoms with Gasteiger partial charge >= 0.3 is 7.82 Å². The summed E-state index contributed by atoms with van der Waals surface area (Å²) < 4.78 is 28.4. The van der Waals surface area contributed by atoms with E-state index in [4.69, 9.17) is 23.8 Å². The molecule has 0 aromatic rings. The standard InChI is InChI=1S/C28H59N2O7P/c1-6-7-8-9-10-11-12-13-14-15-16-17-18-19-21-35-25-28(36-22-20-29-26(2)31)23-27(30(3,4)5)24-37-38(32,33)34/h27-28H,6-25H2,1-5H3,(H2-,29,31,32,33,34)/p+1. The lowest BCUT2D eigenvalue weighted by atomic mass is 10.0. The number of carbonyl (C=O) groups excluding carboxylic acids is 1. The predicted octanol–water partition coefficient (Wildman–Crippen LogP) is 5.58. The number of carbonyl (C=O) groups is 1. The Morgan fingerprint density at radius 1 is 0.816 bits per heavy atom. The van der Waals surface area contributed by atoms with Crippen LogP contribution in [0.25, 0.3) is 0 Å². The highest BCUT2D eigenvalue weighted by molar-refractivity contribution is 7.46. The topological polar surface area (TPSA) is 114 Å². The normalized spacial score (nSPS) is 14.0. The van der Waals surface area contributed by atoms with Crippen LogP contribution < -0.4 is 5.32 Å². The number of phosphoric acid groups is 1. The first-order valence-electron chi connectivity index (χ1n) is 14.9. The van der Waals surface area contributed by atoms with Gasteiger partial charge in [-0.1, -0.05) is 90.4 Å². The van der Waals surface area contributed by atoms with Gasteiger partial charge in [-0.15, -0.1) is 0 Å². The fraction of sp³-hybridized carbons (Fsp3) is 0.964. The fourth-order valence-electron chi connectivity index (χ4n) is 4.34.